The quantitative estimate of drug-likeness (QED) is 0.253. The molecule has 0 saturated heterocycles. The van der Waals surface area contributed by atoms with Gasteiger partial charge in [0.05, 0.1) is 6.61 Å². The molecule has 0 atom stereocenters. The van der Waals surface area contributed by atoms with Crippen molar-refractivity contribution in [3.63, 3.8) is 0 Å². The molecule has 0 aromatic carbocycles. The number of carboxylic acid groups (broad SMARTS) is 1. The second-order valence-corrected chi connectivity index (χ2v) is 6.44. The number of hydrogen-bond donors (Lipinski definition) is 3. The Balaban J connectivity index is 0. The average molecular weight is 376 g/mol. The Hall–Kier alpha value is -1.30. The number of hydrogen-bond acceptors (Lipinski definition) is 4. The Morgan fingerprint density at radius 2 is 1.19 bits per heavy atom. The Bertz CT molecular complexity index is 303. The smallest absolute Gasteiger partial charge is 0.408 e. The zero-order valence-corrected chi connectivity index (χ0v) is 16.9. The number of unbranched alkanes of at least 4 members (excludes halogenated alkanes) is 12. The molecule has 0 rings (SSSR count). The Labute approximate surface area is 159 Å². The zero-order valence-electron chi connectivity index (χ0n) is 16.9. The molecule has 156 valence electrons. The maximum absolute atomic E-state index is 10.3. The SMILES string of the molecule is CCCCCCCCCCCCCCCC(=O)O.CCOC(=O)NCO. The molecule has 26 heavy (non-hydrogen) atoms. The molecule has 0 heterocycles. The van der Waals surface area contributed by atoms with Crippen molar-refractivity contribution >= 4 is 12.1 Å². The summed E-state index contributed by atoms with van der Waals surface area (Å²) >= 11 is 0. The molecule has 0 aromatic heterocycles. The minimum atomic E-state index is -0.655. The summed E-state index contributed by atoms with van der Waals surface area (Å²) in [6, 6.07) is 0. The summed E-state index contributed by atoms with van der Waals surface area (Å²) in [6.07, 6.45) is 16.7. The van der Waals surface area contributed by atoms with Crippen LogP contribution in [0.1, 0.15) is 104 Å². The molecule has 0 radical (unpaired) electrons. The molecule has 0 aliphatic carbocycles. The van der Waals surface area contributed by atoms with Crippen molar-refractivity contribution in [1.82, 2.24) is 5.32 Å². The van der Waals surface area contributed by atoms with Gasteiger partial charge in [-0.25, -0.2) is 4.79 Å². The minimum absolute atomic E-state index is 0.325. The van der Waals surface area contributed by atoms with Crippen molar-refractivity contribution < 1.29 is 24.5 Å². The monoisotopic (exact) mass is 375 g/mol. The normalized spacial score (nSPS) is 9.96. The number of carbonyl (C=O) groups excluding carboxylic acids is 1. The fourth-order valence-electron chi connectivity index (χ4n) is 2.54. The molecule has 0 aromatic rings. The fourth-order valence-corrected chi connectivity index (χ4v) is 2.54. The van der Waals surface area contributed by atoms with E-state index in [1.807, 2.05) is 5.32 Å². The molecular formula is C20H41NO5. The molecule has 0 spiro atoms. The van der Waals surface area contributed by atoms with Gasteiger partial charge in [-0.05, 0) is 13.3 Å². The molecule has 0 unspecified atom stereocenters. The molecule has 0 aliphatic rings. The highest BCUT2D eigenvalue weighted by Crippen LogP contribution is 2.12. The second-order valence-electron chi connectivity index (χ2n) is 6.44. The van der Waals surface area contributed by atoms with E-state index < -0.39 is 12.1 Å². The van der Waals surface area contributed by atoms with Crippen molar-refractivity contribution in [2.45, 2.75) is 104 Å². The third kappa shape index (κ3) is 27.5. The van der Waals surface area contributed by atoms with Crippen molar-refractivity contribution in [2.24, 2.45) is 0 Å². The van der Waals surface area contributed by atoms with Crippen LogP contribution in [0.4, 0.5) is 4.79 Å². The Kier molecular flexibility index (Phi) is 24.5. The van der Waals surface area contributed by atoms with E-state index >= 15 is 0 Å². The second kappa shape index (κ2) is 23.7. The first kappa shape index (κ1) is 26.9. The number of amides is 1. The number of rotatable bonds is 16. The van der Waals surface area contributed by atoms with Gasteiger partial charge in [0, 0.05) is 6.42 Å². The lowest BCUT2D eigenvalue weighted by atomic mass is 10.0. The van der Waals surface area contributed by atoms with E-state index in [4.69, 9.17) is 10.2 Å². The van der Waals surface area contributed by atoms with Crippen LogP contribution in [-0.4, -0.2) is 35.6 Å². The van der Waals surface area contributed by atoms with E-state index in [0.29, 0.717) is 13.0 Å². The van der Waals surface area contributed by atoms with Crippen LogP contribution < -0.4 is 5.32 Å². The minimum Gasteiger partial charge on any atom is -0.481 e. The Morgan fingerprint density at radius 1 is 0.769 bits per heavy atom. The molecule has 0 aliphatic heterocycles. The molecule has 6 heteroatoms. The van der Waals surface area contributed by atoms with Gasteiger partial charge in [-0.1, -0.05) is 84.0 Å². The zero-order chi connectivity index (χ0) is 19.9. The predicted octanol–water partition coefficient (Wildman–Crippen LogP) is 5.23. The van der Waals surface area contributed by atoms with Gasteiger partial charge in [-0.2, -0.15) is 0 Å². The lowest BCUT2D eigenvalue weighted by Gasteiger charge is -2.02. The molecular weight excluding hydrogens is 334 g/mol. The van der Waals surface area contributed by atoms with E-state index in [1.54, 1.807) is 6.92 Å². The summed E-state index contributed by atoms with van der Waals surface area (Å²) in [4.78, 5) is 20.5. The summed E-state index contributed by atoms with van der Waals surface area (Å²) in [7, 11) is 0. The van der Waals surface area contributed by atoms with Gasteiger partial charge in [0.25, 0.3) is 0 Å². The third-order valence-corrected chi connectivity index (χ3v) is 3.99. The van der Waals surface area contributed by atoms with E-state index in [0.717, 1.165) is 12.8 Å². The van der Waals surface area contributed by atoms with Crippen molar-refractivity contribution in [1.29, 1.82) is 0 Å². The van der Waals surface area contributed by atoms with E-state index in [9.17, 15) is 9.59 Å². The number of alkyl carbamates (subject to hydrolysis) is 1. The highest BCUT2D eigenvalue weighted by Gasteiger charge is 1.97. The lowest BCUT2D eigenvalue weighted by molar-refractivity contribution is -0.137. The van der Waals surface area contributed by atoms with Gasteiger partial charge < -0.3 is 14.9 Å². The van der Waals surface area contributed by atoms with Crippen molar-refractivity contribution in [3.8, 4) is 0 Å². The van der Waals surface area contributed by atoms with E-state index in [2.05, 4.69) is 11.7 Å². The van der Waals surface area contributed by atoms with Crippen molar-refractivity contribution in [3.05, 3.63) is 0 Å². The van der Waals surface area contributed by atoms with E-state index in [-0.39, 0.29) is 6.73 Å². The van der Waals surface area contributed by atoms with Crippen LogP contribution in [0.2, 0.25) is 0 Å². The third-order valence-electron chi connectivity index (χ3n) is 3.99. The van der Waals surface area contributed by atoms with Crippen LogP contribution in [-0.2, 0) is 9.53 Å². The maximum Gasteiger partial charge on any atom is 0.408 e. The first-order valence-corrected chi connectivity index (χ1v) is 10.3. The van der Waals surface area contributed by atoms with Gasteiger partial charge in [0.2, 0.25) is 0 Å². The number of aliphatic hydroxyl groups is 1. The molecule has 0 saturated carbocycles. The number of carboxylic acids is 1. The van der Waals surface area contributed by atoms with Crippen LogP contribution >= 0.6 is 0 Å². The van der Waals surface area contributed by atoms with Gasteiger partial charge in [-0.15, -0.1) is 0 Å². The summed E-state index contributed by atoms with van der Waals surface area (Å²) in [6.45, 7) is 3.90. The van der Waals surface area contributed by atoms with Crippen LogP contribution in [0.3, 0.4) is 0 Å². The topological polar surface area (TPSA) is 95.9 Å². The molecule has 0 fully saturated rings. The standard InChI is InChI=1S/C16H32O2.C4H9NO3/c1-2-3-4-5-6-7-8-9-10-11-12-13-14-15-16(17)18;1-2-8-4(7)5-3-6/h2-15H2,1H3,(H,17,18);6H,2-3H2,1H3,(H,5,7). The maximum atomic E-state index is 10.3. The summed E-state index contributed by atoms with van der Waals surface area (Å²) in [5.74, 6) is -0.655. The first-order chi connectivity index (χ1) is 12.6. The predicted molar refractivity (Wildman–Crippen MR) is 105 cm³/mol. The van der Waals surface area contributed by atoms with E-state index in [1.165, 1.54) is 70.6 Å². The number of aliphatic hydroxyl groups excluding tert-OH is 1. The highest BCUT2D eigenvalue weighted by atomic mass is 16.5. The summed E-state index contributed by atoms with van der Waals surface area (Å²) < 4.78 is 4.37. The van der Waals surface area contributed by atoms with Crippen LogP contribution in [0.15, 0.2) is 0 Å². The van der Waals surface area contributed by atoms with Crippen LogP contribution in [0, 0.1) is 0 Å². The first-order valence-electron chi connectivity index (χ1n) is 10.3. The fraction of sp³-hybridized carbons (Fsp3) is 0.900. The number of nitrogens with one attached hydrogen (secondary N) is 1. The highest BCUT2D eigenvalue weighted by molar-refractivity contribution is 5.66. The lowest BCUT2D eigenvalue weighted by Crippen LogP contribution is -2.24. The Morgan fingerprint density at radius 3 is 1.54 bits per heavy atom. The molecule has 1 amide bonds. The number of carbonyl (C=O) groups is 2. The summed E-state index contributed by atoms with van der Waals surface area (Å²) in [5.41, 5.74) is 0. The molecule has 6 nitrogen and oxygen atoms in total. The molecule has 0 bridgehead atoms. The average Bonchev–Trinajstić information content (AvgIpc) is 2.60. The van der Waals surface area contributed by atoms with Gasteiger partial charge in [0.15, 0.2) is 0 Å². The number of aliphatic carboxylic acids is 1. The van der Waals surface area contributed by atoms with Crippen molar-refractivity contribution in [2.75, 3.05) is 13.3 Å². The summed E-state index contributed by atoms with van der Waals surface area (Å²) in [5, 5.41) is 18.6. The van der Waals surface area contributed by atoms with Gasteiger partial charge in [0.1, 0.15) is 6.73 Å². The van der Waals surface area contributed by atoms with Crippen LogP contribution in [0.5, 0.6) is 0 Å². The number of ether oxygens (including phenoxy) is 1. The van der Waals surface area contributed by atoms with Crippen LogP contribution in [0.25, 0.3) is 0 Å². The van der Waals surface area contributed by atoms with Gasteiger partial charge in [-0.3, -0.25) is 10.1 Å². The largest absolute Gasteiger partial charge is 0.481 e. The molecule has 3 N–H and O–H groups in total. The van der Waals surface area contributed by atoms with Gasteiger partial charge >= 0.3 is 12.1 Å².